The highest BCUT2D eigenvalue weighted by Gasteiger charge is 2.65. The zero-order valence-electron chi connectivity index (χ0n) is 26.4. The predicted octanol–water partition coefficient (Wildman–Crippen LogP) is 6.10. The molecule has 3 N–H and O–H groups in total. The molecule has 4 fully saturated rings. The number of carbonyl (C=O) groups is 2. The molecule has 1 heterocycles. The summed E-state index contributed by atoms with van der Waals surface area (Å²) in [6, 6.07) is 2.57. The minimum Gasteiger partial charge on any atom is -0.492 e. The van der Waals surface area contributed by atoms with E-state index in [-0.39, 0.29) is 46.5 Å². The summed E-state index contributed by atoms with van der Waals surface area (Å²) in [4.78, 5) is 32.0. The molecule has 0 spiro atoms. The molecule has 4 saturated carbocycles. The van der Waals surface area contributed by atoms with Crippen LogP contribution in [0.3, 0.4) is 0 Å². The molecule has 11 atom stereocenters. The third-order valence-corrected chi connectivity index (χ3v) is 12.6. The van der Waals surface area contributed by atoms with Crippen LogP contribution >= 0.6 is 0 Å². The summed E-state index contributed by atoms with van der Waals surface area (Å²) >= 11 is 0. The molecule has 4 aliphatic rings. The SMILES string of the molecule is CC(=O)O[C@H]1C[C@@]2(C)C(CC[C@@H]3[C@@H]2CC[C@H]2C(C)[C@H](O)CC[C@]32C)[C@@H]1[C@H](CCCC(C)C)C(=O)On1c(O)ccc1O. The summed E-state index contributed by atoms with van der Waals surface area (Å²) in [7, 11) is 0. The molecular weight excluding hydrogens is 534 g/mol. The monoisotopic (exact) mass is 587 g/mol. The van der Waals surface area contributed by atoms with E-state index in [4.69, 9.17) is 9.57 Å². The van der Waals surface area contributed by atoms with Crippen molar-refractivity contribution in [2.75, 3.05) is 0 Å². The van der Waals surface area contributed by atoms with Crippen molar-refractivity contribution in [1.82, 2.24) is 4.73 Å². The van der Waals surface area contributed by atoms with Crippen molar-refractivity contribution in [1.29, 1.82) is 0 Å². The topological polar surface area (TPSA) is 118 Å². The number of aromatic hydroxyl groups is 2. The molecule has 8 heteroatoms. The molecule has 0 amide bonds. The first-order chi connectivity index (χ1) is 19.8. The van der Waals surface area contributed by atoms with Gasteiger partial charge in [0.15, 0.2) is 0 Å². The molecule has 1 aromatic heterocycles. The van der Waals surface area contributed by atoms with Crippen LogP contribution in [0.4, 0.5) is 0 Å². The van der Waals surface area contributed by atoms with Crippen molar-refractivity contribution in [3.8, 4) is 11.8 Å². The molecule has 0 saturated heterocycles. The van der Waals surface area contributed by atoms with Crippen LogP contribution in [-0.4, -0.2) is 44.2 Å². The van der Waals surface area contributed by atoms with Gasteiger partial charge < -0.3 is 24.9 Å². The molecule has 8 nitrogen and oxygen atoms in total. The van der Waals surface area contributed by atoms with Gasteiger partial charge in [0.1, 0.15) is 6.10 Å². The fourth-order valence-electron chi connectivity index (χ4n) is 10.6. The number of carbonyl (C=O) groups excluding carboxylic acids is 2. The molecule has 1 aromatic rings. The van der Waals surface area contributed by atoms with Gasteiger partial charge in [-0.1, -0.05) is 47.5 Å². The number of aromatic nitrogens is 1. The molecule has 4 aliphatic carbocycles. The number of fused-ring (bicyclic) bond motifs is 5. The second kappa shape index (κ2) is 11.7. The normalized spacial score (nSPS) is 40.1. The summed E-state index contributed by atoms with van der Waals surface area (Å²) in [6.07, 6.45) is 8.68. The number of hydrogen-bond donors (Lipinski definition) is 3. The zero-order chi connectivity index (χ0) is 30.6. The van der Waals surface area contributed by atoms with Gasteiger partial charge in [-0.2, -0.15) is 0 Å². The van der Waals surface area contributed by atoms with Crippen molar-refractivity contribution < 1.29 is 34.5 Å². The number of nitrogens with zero attached hydrogens (tertiary/aromatic N) is 1. The van der Waals surface area contributed by atoms with E-state index in [1.807, 2.05) is 0 Å². The van der Waals surface area contributed by atoms with Crippen LogP contribution in [0.2, 0.25) is 0 Å². The maximum absolute atomic E-state index is 13.9. The number of aliphatic hydroxyl groups is 1. The fraction of sp³-hybridized carbons (Fsp3) is 0.824. The zero-order valence-corrected chi connectivity index (χ0v) is 26.4. The van der Waals surface area contributed by atoms with Gasteiger partial charge in [-0.25, -0.2) is 4.79 Å². The van der Waals surface area contributed by atoms with Crippen LogP contribution in [-0.2, 0) is 14.3 Å². The van der Waals surface area contributed by atoms with Crippen LogP contribution in [0, 0.1) is 58.2 Å². The second-order valence-corrected chi connectivity index (χ2v) is 15.2. The van der Waals surface area contributed by atoms with Crippen LogP contribution < -0.4 is 4.84 Å². The number of ether oxygens (including phenoxy) is 1. The maximum atomic E-state index is 13.9. The largest absolute Gasteiger partial charge is 0.492 e. The number of aliphatic hydroxyl groups excluding tert-OH is 1. The lowest BCUT2D eigenvalue weighted by Crippen LogP contribution is -2.57. The minimum absolute atomic E-state index is 0.0880. The van der Waals surface area contributed by atoms with Crippen molar-refractivity contribution >= 4 is 11.9 Å². The number of rotatable bonds is 8. The summed E-state index contributed by atoms with van der Waals surface area (Å²) < 4.78 is 6.86. The lowest BCUT2D eigenvalue weighted by atomic mass is 9.42. The molecule has 0 radical (unpaired) electrons. The Bertz CT molecular complexity index is 1130. The van der Waals surface area contributed by atoms with E-state index in [1.54, 1.807) is 0 Å². The first-order valence-corrected chi connectivity index (χ1v) is 16.4. The average molecular weight is 588 g/mol. The van der Waals surface area contributed by atoms with Gasteiger partial charge in [-0.05, 0) is 97.7 Å². The molecule has 0 bridgehead atoms. The Morgan fingerprint density at radius 3 is 2.17 bits per heavy atom. The van der Waals surface area contributed by atoms with Crippen molar-refractivity contribution in [2.45, 2.75) is 118 Å². The number of esters is 1. The molecule has 0 aliphatic heterocycles. The van der Waals surface area contributed by atoms with Crippen molar-refractivity contribution in [2.24, 2.45) is 58.2 Å². The summed E-state index contributed by atoms with van der Waals surface area (Å²) in [6.45, 7) is 12.9. The van der Waals surface area contributed by atoms with E-state index in [0.29, 0.717) is 36.0 Å². The highest BCUT2D eigenvalue weighted by atomic mass is 16.7. The van der Waals surface area contributed by atoms with Crippen LogP contribution in [0.15, 0.2) is 12.1 Å². The molecule has 5 rings (SSSR count). The van der Waals surface area contributed by atoms with Gasteiger partial charge in [0.2, 0.25) is 11.8 Å². The first-order valence-electron chi connectivity index (χ1n) is 16.4. The van der Waals surface area contributed by atoms with E-state index < -0.39 is 18.0 Å². The summed E-state index contributed by atoms with van der Waals surface area (Å²) in [5, 5.41) is 31.1. The Morgan fingerprint density at radius 1 is 0.952 bits per heavy atom. The van der Waals surface area contributed by atoms with E-state index in [0.717, 1.165) is 62.5 Å². The molecule has 2 unspecified atom stereocenters. The molecular formula is C34H53NO7. The van der Waals surface area contributed by atoms with E-state index in [2.05, 4.69) is 34.6 Å². The van der Waals surface area contributed by atoms with Crippen LogP contribution in [0.25, 0.3) is 0 Å². The van der Waals surface area contributed by atoms with Gasteiger partial charge in [-0.3, -0.25) is 4.79 Å². The third-order valence-electron chi connectivity index (χ3n) is 12.6. The highest BCUT2D eigenvalue weighted by Crippen LogP contribution is 2.70. The van der Waals surface area contributed by atoms with Crippen LogP contribution in [0.5, 0.6) is 11.8 Å². The van der Waals surface area contributed by atoms with Gasteiger partial charge >= 0.3 is 11.9 Å². The van der Waals surface area contributed by atoms with Crippen molar-refractivity contribution in [3.63, 3.8) is 0 Å². The fourth-order valence-corrected chi connectivity index (χ4v) is 10.6. The standard InChI is InChI=1S/C34H53NO7/c1-19(2)8-7-9-22(32(40)42-35-29(38)14-15-30(35)39)31-26-13-12-24-25(34(26,6)18-28(31)41-21(4)36)11-10-23-20(3)27(37)16-17-33(23,24)5/h14-15,19-20,22-28,31,37-39H,7-13,16-18H2,1-6H3/t20?,22-,23-,24+,25-,26?,27+,28-,31-,33-,34+/m0/s1. The maximum Gasteiger partial charge on any atom is 0.336 e. The van der Waals surface area contributed by atoms with Gasteiger partial charge in [0.05, 0.1) is 12.0 Å². The lowest BCUT2D eigenvalue weighted by molar-refractivity contribution is -0.165. The van der Waals surface area contributed by atoms with E-state index in [9.17, 15) is 24.9 Å². The Labute approximate surface area is 251 Å². The third kappa shape index (κ3) is 5.35. The Kier molecular flexibility index (Phi) is 8.70. The quantitative estimate of drug-likeness (QED) is 0.314. The van der Waals surface area contributed by atoms with E-state index >= 15 is 0 Å². The molecule has 42 heavy (non-hydrogen) atoms. The molecule has 0 aromatic carbocycles. The number of hydrogen-bond acceptors (Lipinski definition) is 7. The smallest absolute Gasteiger partial charge is 0.336 e. The molecule has 236 valence electrons. The lowest BCUT2D eigenvalue weighted by Gasteiger charge is -2.63. The summed E-state index contributed by atoms with van der Waals surface area (Å²) in [5.41, 5.74) is 0.0961. The minimum atomic E-state index is -0.533. The average Bonchev–Trinajstić information content (AvgIpc) is 3.38. The van der Waals surface area contributed by atoms with Crippen molar-refractivity contribution in [3.05, 3.63) is 12.1 Å². The van der Waals surface area contributed by atoms with Gasteiger partial charge in [0.25, 0.3) is 0 Å². The Balaban J connectivity index is 1.48. The van der Waals surface area contributed by atoms with Gasteiger partial charge in [0, 0.05) is 25.0 Å². The second-order valence-electron chi connectivity index (χ2n) is 15.2. The Hall–Kier alpha value is -2.22. The summed E-state index contributed by atoms with van der Waals surface area (Å²) in [5.74, 6) is 0.275. The highest BCUT2D eigenvalue weighted by molar-refractivity contribution is 5.74. The van der Waals surface area contributed by atoms with Crippen LogP contribution in [0.1, 0.15) is 106 Å². The first kappa shape index (κ1) is 31.2. The van der Waals surface area contributed by atoms with Gasteiger partial charge in [-0.15, -0.1) is 4.73 Å². The Morgan fingerprint density at radius 2 is 1.55 bits per heavy atom. The van der Waals surface area contributed by atoms with E-state index in [1.165, 1.54) is 19.1 Å². The predicted molar refractivity (Wildman–Crippen MR) is 158 cm³/mol.